The molecule has 1 aromatic carbocycles. The van der Waals surface area contributed by atoms with Crippen molar-refractivity contribution in [1.29, 1.82) is 0 Å². The second-order valence-corrected chi connectivity index (χ2v) is 8.22. The van der Waals surface area contributed by atoms with E-state index in [2.05, 4.69) is 17.6 Å². The molecule has 0 unspecified atom stereocenters. The van der Waals surface area contributed by atoms with Crippen molar-refractivity contribution >= 4 is 23.6 Å². The fourth-order valence-corrected chi connectivity index (χ4v) is 3.98. The van der Waals surface area contributed by atoms with Gasteiger partial charge in [0.15, 0.2) is 0 Å². The fourth-order valence-electron chi connectivity index (χ4n) is 3.98. The number of hydrogen-bond acceptors (Lipinski definition) is 4. The average Bonchev–Trinajstić information content (AvgIpc) is 2.78. The predicted octanol–water partition coefficient (Wildman–Crippen LogP) is 5.30. The first-order valence-electron chi connectivity index (χ1n) is 11.7. The third-order valence-electron chi connectivity index (χ3n) is 5.71. The molecular weight excluding hydrogens is 406 g/mol. The monoisotopic (exact) mass is 443 g/mol. The van der Waals surface area contributed by atoms with Crippen molar-refractivity contribution in [2.24, 2.45) is 0 Å². The highest BCUT2D eigenvalue weighted by molar-refractivity contribution is 5.95. The highest BCUT2D eigenvalue weighted by atomic mass is 16.5. The first kappa shape index (κ1) is 25.4. The number of nitrogens with one attached hydrogen (secondary N) is 2. The number of unbranched alkanes of at least 4 members (excludes halogenated alkanes) is 5. The lowest BCUT2D eigenvalue weighted by Crippen LogP contribution is -2.48. The van der Waals surface area contributed by atoms with Crippen LogP contribution < -0.4 is 10.6 Å². The SMILES string of the molecule is CCCCCCCCC(=O)Nc1cccc([C@@H]2NC(=O)N(CCC)C(C)=C2C(=O)OC)c1. The van der Waals surface area contributed by atoms with E-state index < -0.39 is 12.0 Å². The van der Waals surface area contributed by atoms with Crippen molar-refractivity contribution in [3.8, 4) is 0 Å². The van der Waals surface area contributed by atoms with Crippen LogP contribution in [-0.4, -0.2) is 36.5 Å². The highest BCUT2D eigenvalue weighted by Gasteiger charge is 2.35. The Hall–Kier alpha value is -2.83. The molecule has 0 saturated carbocycles. The van der Waals surface area contributed by atoms with Crippen LogP contribution in [-0.2, 0) is 14.3 Å². The summed E-state index contributed by atoms with van der Waals surface area (Å²) in [6.45, 7) is 6.44. The second-order valence-electron chi connectivity index (χ2n) is 8.22. The maximum atomic E-state index is 12.7. The smallest absolute Gasteiger partial charge is 0.337 e. The van der Waals surface area contributed by atoms with E-state index in [4.69, 9.17) is 4.74 Å². The number of esters is 1. The molecule has 1 aromatic rings. The van der Waals surface area contributed by atoms with E-state index >= 15 is 0 Å². The number of hydrogen-bond donors (Lipinski definition) is 2. The molecule has 1 heterocycles. The molecule has 0 aliphatic carbocycles. The quantitative estimate of drug-likeness (QED) is 0.339. The van der Waals surface area contributed by atoms with E-state index in [-0.39, 0.29) is 11.9 Å². The molecule has 0 bridgehead atoms. The molecule has 7 heteroatoms. The van der Waals surface area contributed by atoms with Gasteiger partial charge in [-0.2, -0.15) is 0 Å². The molecule has 1 aliphatic rings. The lowest BCUT2D eigenvalue weighted by Gasteiger charge is -2.35. The van der Waals surface area contributed by atoms with Crippen molar-refractivity contribution in [3.05, 3.63) is 41.1 Å². The van der Waals surface area contributed by atoms with E-state index in [1.807, 2.05) is 25.1 Å². The van der Waals surface area contributed by atoms with Crippen LogP contribution >= 0.6 is 0 Å². The Kier molecular flexibility index (Phi) is 10.2. The molecule has 3 amide bonds. The van der Waals surface area contributed by atoms with Crippen LogP contribution in [0.2, 0.25) is 0 Å². The van der Waals surface area contributed by atoms with Gasteiger partial charge in [-0.1, -0.05) is 58.1 Å². The Morgan fingerprint density at radius 2 is 1.81 bits per heavy atom. The lowest BCUT2D eigenvalue weighted by molar-refractivity contribution is -0.136. The van der Waals surface area contributed by atoms with Gasteiger partial charge in [0.05, 0.1) is 18.7 Å². The van der Waals surface area contributed by atoms with E-state index in [0.29, 0.717) is 35.5 Å². The zero-order chi connectivity index (χ0) is 23.5. The largest absolute Gasteiger partial charge is 0.466 e. The topological polar surface area (TPSA) is 87.7 Å². The number of benzene rings is 1. The number of amides is 3. The molecule has 2 rings (SSSR count). The number of rotatable bonds is 12. The Bertz CT molecular complexity index is 834. The lowest BCUT2D eigenvalue weighted by atomic mass is 9.94. The third kappa shape index (κ3) is 6.84. The molecule has 0 saturated heterocycles. The summed E-state index contributed by atoms with van der Waals surface area (Å²) in [4.78, 5) is 39.2. The van der Waals surface area contributed by atoms with Gasteiger partial charge < -0.3 is 15.4 Å². The molecule has 2 N–H and O–H groups in total. The second kappa shape index (κ2) is 12.9. The number of anilines is 1. The van der Waals surface area contributed by atoms with Gasteiger partial charge in [-0.25, -0.2) is 9.59 Å². The summed E-state index contributed by atoms with van der Waals surface area (Å²) < 4.78 is 5.00. The summed E-state index contributed by atoms with van der Waals surface area (Å²) in [7, 11) is 1.33. The number of nitrogens with zero attached hydrogens (tertiary/aromatic N) is 1. The average molecular weight is 444 g/mol. The minimum atomic E-state index is -0.640. The first-order valence-corrected chi connectivity index (χ1v) is 11.7. The third-order valence-corrected chi connectivity index (χ3v) is 5.71. The molecule has 176 valence electrons. The summed E-state index contributed by atoms with van der Waals surface area (Å²) in [5.41, 5.74) is 2.35. The van der Waals surface area contributed by atoms with Crippen molar-refractivity contribution < 1.29 is 19.1 Å². The van der Waals surface area contributed by atoms with E-state index in [0.717, 1.165) is 25.7 Å². The van der Waals surface area contributed by atoms with Crippen LogP contribution in [0.15, 0.2) is 35.5 Å². The first-order chi connectivity index (χ1) is 15.4. The molecule has 32 heavy (non-hydrogen) atoms. The van der Waals surface area contributed by atoms with Crippen molar-refractivity contribution in [2.45, 2.75) is 78.2 Å². The zero-order valence-corrected chi connectivity index (χ0v) is 19.8. The number of methoxy groups -OCH3 is 1. The summed E-state index contributed by atoms with van der Waals surface area (Å²) in [6, 6.07) is 6.36. The van der Waals surface area contributed by atoms with Crippen LogP contribution in [0, 0.1) is 0 Å². The highest BCUT2D eigenvalue weighted by Crippen LogP contribution is 2.32. The standard InChI is InChI=1S/C25H37N3O4/c1-5-7-8-9-10-11-15-21(29)26-20-14-12-13-19(17-20)23-22(24(30)32-4)18(3)28(16-6-2)25(31)27-23/h12-14,17,23H,5-11,15-16H2,1-4H3,(H,26,29)(H,27,31)/t23-/m0/s1. The van der Waals surface area contributed by atoms with Gasteiger partial charge in [-0.3, -0.25) is 9.69 Å². The van der Waals surface area contributed by atoms with E-state index in [9.17, 15) is 14.4 Å². The van der Waals surface area contributed by atoms with Crippen molar-refractivity contribution in [2.75, 3.05) is 19.0 Å². The summed E-state index contributed by atoms with van der Waals surface area (Å²) in [5.74, 6) is -0.509. The van der Waals surface area contributed by atoms with Crippen molar-refractivity contribution in [1.82, 2.24) is 10.2 Å². The molecular formula is C25H37N3O4. The van der Waals surface area contributed by atoms with E-state index in [1.165, 1.54) is 26.4 Å². The summed E-state index contributed by atoms with van der Waals surface area (Å²) in [6.07, 6.45) is 8.01. The molecule has 7 nitrogen and oxygen atoms in total. The Labute approximate surface area is 191 Å². The van der Waals surface area contributed by atoms with Crippen LogP contribution in [0.25, 0.3) is 0 Å². The normalized spacial score (nSPS) is 16.1. The Morgan fingerprint density at radius 3 is 2.50 bits per heavy atom. The fraction of sp³-hybridized carbons (Fsp3) is 0.560. The van der Waals surface area contributed by atoms with Crippen LogP contribution in [0.4, 0.5) is 10.5 Å². The van der Waals surface area contributed by atoms with Gasteiger partial charge in [0.1, 0.15) is 0 Å². The van der Waals surface area contributed by atoms with Gasteiger partial charge in [-0.05, 0) is 37.5 Å². The van der Waals surface area contributed by atoms with Gasteiger partial charge in [0.25, 0.3) is 0 Å². The van der Waals surface area contributed by atoms with Gasteiger partial charge in [0.2, 0.25) is 5.91 Å². The van der Waals surface area contributed by atoms with Crippen molar-refractivity contribution in [3.63, 3.8) is 0 Å². The minimum absolute atomic E-state index is 0.0284. The number of carbonyl (C=O) groups is 3. The molecule has 1 aliphatic heterocycles. The summed E-state index contributed by atoms with van der Waals surface area (Å²) >= 11 is 0. The molecule has 0 aromatic heterocycles. The number of allylic oxidation sites excluding steroid dienone is 1. The summed E-state index contributed by atoms with van der Waals surface area (Å²) in [5, 5.41) is 5.86. The molecule has 0 radical (unpaired) electrons. The number of urea groups is 1. The number of carbonyl (C=O) groups excluding carboxylic acids is 3. The van der Waals surface area contributed by atoms with Gasteiger partial charge in [0, 0.05) is 24.4 Å². The zero-order valence-electron chi connectivity index (χ0n) is 19.8. The minimum Gasteiger partial charge on any atom is -0.466 e. The Morgan fingerprint density at radius 1 is 1.09 bits per heavy atom. The van der Waals surface area contributed by atoms with Gasteiger partial charge in [-0.15, -0.1) is 0 Å². The maximum Gasteiger partial charge on any atom is 0.337 e. The number of ether oxygens (including phenoxy) is 1. The van der Waals surface area contributed by atoms with Crippen LogP contribution in [0.5, 0.6) is 0 Å². The maximum absolute atomic E-state index is 12.7. The van der Waals surface area contributed by atoms with Gasteiger partial charge >= 0.3 is 12.0 Å². The van der Waals surface area contributed by atoms with E-state index in [1.54, 1.807) is 17.9 Å². The van der Waals surface area contributed by atoms with Crippen LogP contribution in [0.1, 0.15) is 83.7 Å². The molecule has 0 spiro atoms. The molecule has 1 atom stereocenters. The predicted molar refractivity (Wildman–Crippen MR) is 126 cm³/mol. The van der Waals surface area contributed by atoms with Crippen LogP contribution in [0.3, 0.4) is 0 Å². The Balaban J connectivity index is 2.12. The molecule has 0 fully saturated rings.